The summed E-state index contributed by atoms with van der Waals surface area (Å²) >= 11 is 0. The summed E-state index contributed by atoms with van der Waals surface area (Å²) in [5.74, 6) is -0.237. The molecule has 29 heavy (non-hydrogen) atoms. The molecule has 0 saturated heterocycles. The summed E-state index contributed by atoms with van der Waals surface area (Å²) < 4.78 is 0. The first-order chi connectivity index (χ1) is 12.8. The number of benzene rings is 4. The maximum atomic E-state index is 12.5. The molecule has 0 aromatic heterocycles. The van der Waals surface area contributed by atoms with Crippen molar-refractivity contribution in [3.05, 3.63) is 86.6 Å². The van der Waals surface area contributed by atoms with Crippen molar-refractivity contribution in [2.75, 3.05) is 0 Å². The van der Waals surface area contributed by atoms with E-state index in [-0.39, 0.29) is 72.3 Å². The van der Waals surface area contributed by atoms with Crippen molar-refractivity contribution in [1.82, 2.24) is 0 Å². The smallest absolute Gasteiger partial charge is 0.872 e. The molecule has 0 amide bonds. The van der Waals surface area contributed by atoms with Crippen molar-refractivity contribution >= 4 is 44.6 Å². The summed E-state index contributed by atoms with van der Waals surface area (Å²) in [6.07, 6.45) is 0. The molecule has 4 rings (SSSR count). The van der Waals surface area contributed by atoms with Gasteiger partial charge in [-0.15, -0.1) is 11.5 Å². The second kappa shape index (κ2) is 14.9. The first kappa shape index (κ1) is 30.2. The van der Waals surface area contributed by atoms with Gasteiger partial charge in [-0.05, 0) is 32.7 Å². The molecular weight excluding hydrogens is 358 g/mol. The van der Waals surface area contributed by atoms with Gasteiger partial charge in [0.2, 0.25) is 0 Å². The van der Waals surface area contributed by atoms with Gasteiger partial charge in [-0.1, -0.05) is 72.8 Å². The zero-order valence-electron chi connectivity index (χ0n) is 17.9. The molecule has 0 radical (unpaired) electrons. The molecule has 5 heteroatoms. The maximum Gasteiger partial charge on any atom is 2.00 e. The first-order valence-corrected chi connectivity index (χ1v) is 8.55. The van der Waals surface area contributed by atoms with Crippen LogP contribution in [0, 0.1) is 13.8 Å². The standard InChI is InChI=1S/C20H14O2.2C2H5.2Li.Mg/c21-17-11-9-13-5-1-3-7-15(13)19(17)20-16-8-4-2-6-14(16)10-12-18(20)22;2*1-2;;;/h1-12,21-22H;2*1H2,2H3;;;/q;2*-1;2*+1;+2/p-2. The Balaban J connectivity index is 0. The van der Waals surface area contributed by atoms with Crippen LogP contribution in [0.4, 0.5) is 0 Å². The van der Waals surface area contributed by atoms with E-state index in [1.807, 2.05) is 48.5 Å². The van der Waals surface area contributed by atoms with E-state index >= 15 is 0 Å². The number of rotatable bonds is 1. The molecule has 0 fully saturated rings. The predicted octanol–water partition coefficient (Wildman–Crippen LogP) is -0.885. The zero-order chi connectivity index (χ0) is 19.1. The summed E-state index contributed by atoms with van der Waals surface area (Å²) in [5.41, 5.74) is 1.000. The van der Waals surface area contributed by atoms with Gasteiger partial charge in [0.15, 0.2) is 0 Å². The van der Waals surface area contributed by atoms with E-state index < -0.39 is 0 Å². The molecule has 0 unspecified atom stereocenters. The number of hydrogen-bond donors (Lipinski definition) is 0. The normalized spacial score (nSPS) is 8.83. The summed E-state index contributed by atoms with van der Waals surface area (Å²) in [5, 5.41) is 28.6. The first-order valence-electron chi connectivity index (χ1n) is 8.55. The number of hydrogen-bond acceptors (Lipinski definition) is 2. The summed E-state index contributed by atoms with van der Waals surface area (Å²) in [6.45, 7) is 10.0. The summed E-state index contributed by atoms with van der Waals surface area (Å²) in [7, 11) is 0. The van der Waals surface area contributed by atoms with E-state index in [2.05, 4.69) is 13.8 Å². The quantitative estimate of drug-likeness (QED) is 0.318. The van der Waals surface area contributed by atoms with Gasteiger partial charge in [0, 0.05) is 0 Å². The third kappa shape index (κ3) is 6.47. The molecule has 0 heterocycles. The molecule has 0 aliphatic heterocycles. The fourth-order valence-electron chi connectivity index (χ4n) is 3.02. The minimum atomic E-state index is -0.118. The van der Waals surface area contributed by atoms with Crippen LogP contribution in [0.25, 0.3) is 32.7 Å². The molecule has 2 nitrogen and oxygen atoms in total. The Bertz CT molecular complexity index is 937. The maximum absolute atomic E-state index is 12.5. The Morgan fingerprint density at radius 2 is 0.828 bits per heavy atom. The summed E-state index contributed by atoms with van der Waals surface area (Å²) in [4.78, 5) is 0. The largest absolute Gasteiger partial charge is 2.00 e. The van der Waals surface area contributed by atoms with Crippen molar-refractivity contribution in [2.24, 2.45) is 0 Å². The molecule has 0 saturated carbocycles. The second-order valence-corrected chi connectivity index (χ2v) is 5.32. The van der Waals surface area contributed by atoms with Crippen LogP contribution in [0.5, 0.6) is 11.5 Å². The average molecular weight is 381 g/mol. The Morgan fingerprint density at radius 3 is 1.17 bits per heavy atom. The molecular formula is C24H22Li2MgO2. The monoisotopic (exact) mass is 380 g/mol. The zero-order valence-corrected chi connectivity index (χ0v) is 19.3. The molecule has 134 valence electrons. The molecule has 4 aromatic carbocycles. The van der Waals surface area contributed by atoms with Crippen LogP contribution in [0.1, 0.15) is 13.8 Å². The number of fused-ring (bicyclic) bond motifs is 2. The van der Waals surface area contributed by atoms with Crippen LogP contribution in [-0.4, -0.2) is 23.1 Å². The van der Waals surface area contributed by atoms with Crippen molar-refractivity contribution in [2.45, 2.75) is 13.8 Å². The fraction of sp³-hybridized carbons (Fsp3) is 0.0833. The van der Waals surface area contributed by atoms with E-state index in [1.165, 1.54) is 0 Å². The van der Waals surface area contributed by atoms with Crippen molar-refractivity contribution in [3.63, 3.8) is 0 Å². The van der Waals surface area contributed by atoms with E-state index in [0.717, 1.165) is 21.5 Å². The van der Waals surface area contributed by atoms with Crippen LogP contribution in [0.3, 0.4) is 0 Å². The fourth-order valence-corrected chi connectivity index (χ4v) is 3.02. The molecule has 0 N–H and O–H groups in total. The van der Waals surface area contributed by atoms with Crippen LogP contribution >= 0.6 is 0 Å². The van der Waals surface area contributed by atoms with Gasteiger partial charge in [-0.2, -0.15) is 13.8 Å². The summed E-state index contributed by atoms with van der Waals surface area (Å²) in [6, 6.07) is 22.0. The second-order valence-electron chi connectivity index (χ2n) is 5.32. The Hall–Kier alpha value is -1.04. The van der Waals surface area contributed by atoms with E-state index in [0.29, 0.717) is 11.1 Å². The van der Waals surface area contributed by atoms with Gasteiger partial charge in [-0.3, -0.25) is 0 Å². The third-order valence-electron chi connectivity index (χ3n) is 4.03. The van der Waals surface area contributed by atoms with Crippen LogP contribution in [0.2, 0.25) is 0 Å². The van der Waals surface area contributed by atoms with E-state index in [4.69, 9.17) is 0 Å². The Kier molecular flexibility index (Phi) is 15.5. The van der Waals surface area contributed by atoms with Gasteiger partial charge in [0.1, 0.15) is 0 Å². The average Bonchev–Trinajstić information content (AvgIpc) is 2.72. The van der Waals surface area contributed by atoms with Gasteiger partial charge >= 0.3 is 60.8 Å². The van der Waals surface area contributed by atoms with E-state index in [1.54, 1.807) is 38.1 Å². The minimum absolute atomic E-state index is 0. The van der Waals surface area contributed by atoms with Gasteiger partial charge in [0.25, 0.3) is 0 Å². The van der Waals surface area contributed by atoms with Crippen LogP contribution in [0.15, 0.2) is 72.8 Å². The molecule has 0 bridgehead atoms. The van der Waals surface area contributed by atoms with Gasteiger partial charge in [0.05, 0.1) is 0 Å². The Morgan fingerprint density at radius 1 is 0.517 bits per heavy atom. The van der Waals surface area contributed by atoms with Crippen molar-refractivity contribution in [1.29, 1.82) is 0 Å². The van der Waals surface area contributed by atoms with Crippen molar-refractivity contribution in [3.8, 4) is 22.6 Å². The van der Waals surface area contributed by atoms with Crippen LogP contribution in [-0.2, 0) is 0 Å². The molecule has 0 atom stereocenters. The van der Waals surface area contributed by atoms with Crippen LogP contribution < -0.4 is 47.9 Å². The SMILES string of the molecule is [CH2-]C.[CH2-]C.[Li+].[Li+].[Mg+2].[O-]c1ccc2ccccc2c1-c1c([O-])ccc2ccccc12. The van der Waals surface area contributed by atoms with Gasteiger partial charge < -0.3 is 24.1 Å². The minimum Gasteiger partial charge on any atom is -0.872 e. The predicted molar refractivity (Wildman–Crippen MR) is 114 cm³/mol. The topological polar surface area (TPSA) is 46.1 Å². The Labute approximate surface area is 214 Å². The molecule has 0 spiro atoms. The molecule has 0 aliphatic rings. The van der Waals surface area contributed by atoms with Gasteiger partial charge in [-0.25, -0.2) is 0 Å². The third-order valence-corrected chi connectivity index (χ3v) is 4.03. The molecule has 0 aliphatic carbocycles. The van der Waals surface area contributed by atoms with Crippen molar-refractivity contribution < 1.29 is 47.9 Å². The van der Waals surface area contributed by atoms with E-state index in [9.17, 15) is 10.2 Å². The molecule has 4 aromatic rings.